The van der Waals surface area contributed by atoms with Gasteiger partial charge in [-0.15, -0.1) is 0 Å². The van der Waals surface area contributed by atoms with E-state index in [1.54, 1.807) is 24.4 Å². The van der Waals surface area contributed by atoms with Crippen LogP contribution in [0.25, 0.3) is 5.57 Å². The standard InChI is InChI=1S/C18H22N2O3/c1-4-5-8-16(22)10-13(2)17-11-15(12-20-17)18(23)19-9-6-7-14(3)21/h4-5,8,10-12,20,22H,1-2,6-7,9H2,3H3,(H,19,23)/b8-5-,16-10+. The molecule has 1 amide bonds. The second-order valence-electron chi connectivity index (χ2n) is 5.05. The Labute approximate surface area is 136 Å². The van der Waals surface area contributed by atoms with E-state index in [1.165, 1.54) is 19.1 Å². The zero-order valence-corrected chi connectivity index (χ0v) is 13.3. The van der Waals surface area contributed by atoms with Gasteiger partial charge in [0.25, 0.3) is 5.91 Å². The normalized spacial score (nSPS) is 11.4. The number of carbonyl (C=O) groups is 2. The lowest BCUT2D eigenvalue weighted by molar-refractivity contribution is -0.117. The van der Waals surface area contributed by atoms with E-state index >= 15 is 0 Å². The number of aromatic amines is 1. The van der Waals surface area contributed by atoms with Crippen molar-refractivity contribution in [2.45, 2.75) is 19.8 Å². The summed E-state index contributed by atoms with van der Waals surface area (Å²) in [6.45, 7) is 9.34. The summed E-state index contributed by atoms with van der Waals surface area (Å²) >= 11 is 0. The predicted molar refractivity (Wildman–Crippen MR) is 92.1 cm³/mol. The summed E-state index contributed by atoms with van der Waals surface area (Å²) < 4.78 is 0. The van der Waals surface area contributed by atoms with Crippen molar-refractivity contribution in [3.8, 4) is 0 Å². The first-order valence-electron chi connectivity index (χ1n) is 7.29. The van der Waals surface area contributed by atoms with Crippen LogP contribution in [0.4, 0.5) is 0 Å². The molecule has 5 heteroatoms. The van der Waals surface area contributed by atoms with Crippen LogP contribution < -0.4 is 5.32 Å². The summed E-state index contributed by atoms with van der Waals surface area (Å²) in [5.41, 5.74) is 1.66. The summed E-state index contributed by atoms with van der Waals surface area (Å²) in [5.74, 6) is -0.0695. The molecule has 1 rings (SSSR count). The van der Waals surface area contributed by atoms with Crippen LogP contribution in [-0.2, 0) is 4.79 Å². The van der Waals surface area contributed by atoms with Crippen LogP contribution in [0.2, 0.25) is 0 Å². The van der Waals surface area contributed by atoms with Gasteiger partial charge in [-0.1, -0.05) is 25.3 Å². The number of hydrogen-bond donors (Lipinski definition) is 3. The number of aromatic nitrogens is 1. The van der Waals surface area contributed by atoms with Crippen molar-refractivity contribution in [1.29, 1.82) is 0 Å². The van der Waals surface area contributed by atoms with E-state index in [0.717, 1.165) is 0 Å². The Morgan fingerprint density at radius 3 is 2.83 bits per heavy atom. The van der Waals surface area contributed by atoms with E-state index < -0.39 is 0 Å². The highest BCUT2D eigenvalue weighted by Gasteiger charge is 2.09. The Balaban J connectivity index is 2.61. The first-order valence-corrected chi connectivity index (χ1v) is 7.29. The second kappa shape index (κ2) is 9.25. The highest BCUT2D eigenvalue weighted by atomic mass is 16.3. The van der Waals surface area contributed by atoms with Crippen molar-refractivity contribution in [3.63, 3.8) is 0 Å². The van der Waals surface area contributed by atoms with Crippen molar-refractivity contribution in [2.24, 2.45) is 0 Å². The molecule has 0 bridgehead atoms. The number of carbonyl (C=O) groups excluding carboxylic acids is 2. The molecular weight excluding hydrogens is 292 g/mol. The summed E-state index contributed by atoms with van der Waals surface area (Å²) in [7, 11) is 0. The van der Waals surface area contributed by atoms with Gasteiger partial charge in [-0.3, -0.25) is 4.79 Å². The van der Waals surface area contributed by atoms with Crippen LogP contribution in [0.3, 0.4) is 0 Å². The van der Waals surface area contributed by atoms with Gasteiger partial charge in [0.2, 0.25) is 0 Å². The maximum Gasteiger partial charge on any atom is 0.252 e. The SMILES string of the molecule is C=C/C=C\C(O)=C/C(=C)c1cc(C(=O)NCCCC(C)=O)c[nH]1. The summed E-state index contributed by atoms with van der Waals surface area (Å²) in [6.07, 6.45) is 8.79. The summed E-state index contributed by atoms with van der Waals surface area (Å²) in [5, 5.41) is 12.4. The molecule has 23 heavy (non-hydrogen) atoms. The maximum absolute atomic E-state index is 12.0. The molecule has 0 aliphatic heterocycles. The third-order valence-electron chi connectivity index (χ3n) is 3.01. The summed E-state index contributed by atoms with van der Waals surface area (Å²) in [4.78, 5) is 25.7. The minimum Gasteiger partial charge on any atom is -0.508 e. The lowest BCUT2D eigenvalue weighted by Gasteiger charge is -2.02. The largest absolute Gasteiger partial charge is 0.508 e. The molecule has 0 aromatic carbocycles. The van der Waals surface area contributed by atoms with Gasteiger partial charge in [-0.2, -0.15) is 0 Å². The van der Waals surface area contributed by atoms with Gasteiger partial charge in [0.05, 0.1) is 5.56 Å². The van der Waals surface area contributed by atoms with E-state index in [4.69, 9.17) is 0 Å². The van der Waals surface area contributed by atoms with Crippen LogP contribution in [0.15, 0.2) is 55.5 Å². The lowest BCUT2D eigenvalue weighted by Crippen LogP contribution is -2.24. The first-order chi connectivity index (χ1) is 10.9. The van der Waals surface area contributed by atoms with Gasteiger partial charge >= 0.3 is 0 Å². The van der Waals surface area contributed by atoms with Crippen molar-refractivity contribution in [2.75, 3.05) is 6.54 Å². The van der Waals surface area contributed by atoms with Crippen molar-refractivity contribution >= 4 is 17.3 Å². The number of hydrogen-bond acceptors (Lipinski definition) is 3. The minimum atomic E-state index is -0.219. The van der Waals surface area contributed by atoms with E-state index in [2.05, 4.69) is 23.5 Å². The van der Waals surface area contributed by atoms with E-state index in [1.807, 2.05) is 0 Å². The fraction of sp³-hybridized carbons (Fsp3) is 0.222. The number of allylic oxidation sites excluding steroid dienone is 5. The van der Waals surface area contributed by atoms with Crippen molar-refractivity contribution in [3.05, 3.63) is 66.7 Å². The Kier molecular flexibility index (Phi) is 7.33. The number of ketones is 1. The molecular formula is C18H22N2O3. The third kappa shape index (κ3) is 6.65. The quantitative estimate of drug-likeness (QED) is 0.371. The molecule has 0 unspecified atom stereocenters. The number of amides is 1. The Morgan fingerprint density at radius 1 is 1.43 bits per heavy atom. The number of nitrogens with one attached hydrogen (secondary N) is 2. The van der Waals surface area contributed by atoms with E-state index in [-0.39, 0.29) is 17.4 Å². The highest BCUT2D eigenvalue weighted by Crippen LogP contribution is 2.15. The molecule has 1 heterocycles. The maximum atomic E-state index is 12.0. The monoisotopic (exact) mass is 314 g/mol. The topological polar surface area (TPSA) is 82.2 Å². The van der Waals surface area contributed by atoms with Crippen molar-refractivity contribution < 1.29 is 14.7 Å². The first kappa shape index (κ1) is 18.2. The molecule has 3 N–H and O–H groups in total. The minimum absolute atomic E-state index is 0.0414. The van der Waals surface area contributed by atoms with Gasteiger partial charge in [0.15, 0.2) is 0 Å². The second-order valence-corrected chi connectivity index (χ2v) is 5.05. The molecule has 1 aromatic heterocycles. The van der Waals surface area contributed by atoms with Gasteiger partial charge in [0, 0.05) is 24.9 Å². The van der Waals surface area contributed by atoms with Crippen LogP contribution in [0.1, 0.15) is 35.8 Å². The zero-order chi connectivity index (χ0) is 17.2. The molecule has 0 atom stereocenters. The number of Topliss-reactive ketones (excluding diaryl/α,β-unsaturated/α-hetero) is 1. The van der Waals surface area contributed by atoms with Crippen LogP contribution in [0.5, 0.6) is 0 Å². The Morgan fingerprint density at radius 2 is 2.17 bits per heavy atom. The molecule has 0 fully saturated rings. The predicted octanol–water partition coefficient (Wildman–Crippen LogP) is 3.31. The molecule has 0 spiro atoms. The molecule has 0 radical (unpaired) electrons. The fourth-order valence-corrected chi connectivity index (χ4v) is 1.82. The Bertz CT molecular complexity index is 651. The van der Waals surface area contributed by atoms with E-state index in [0.29, 0.717) is 36.2 Å². The highest BCUT2D eigenvalue weighted by molar-refractivity contribution is 5.95. The van der Waals surface area contributed by atoms with Crippen LogP contribution >= 0.6 is 0 Å². The number of aliphatic hydroxyl groups excluding tert-OH is 1. The van der Waals surface area contributed by atoms with Gasteiger partial charge < -0.3 is 20.2 Å². The number of rotatable bonds is 9. The summed E-state index contributed by atoms with van der Waals surface area (Å²) in [6, 6.07) is 1.66. The molecule has 0 aliphatic carbocycles. The lowest BCUT2D eigenvalue weighted by atomic mass is 10.1. The zero-order valence-electron chi connectivity index (χ0n) is 13.3. The van der Waals surface area contributed by atoms with Gasteiger partial charge in [0.1, 0.15) is 11.5 Å². The molecule has 122 valence electrons. The molecule has 5 nitrogen and oxygen atoms in total. The Hall–Kier alpha value is -2.82. The van der Waals surface area contributed by atoms with Crippen molar-refractivity contribution in [1.82, 2.24) is 10.3 Å². The smallest absolute Gasteiger partial charge is 0.252 e. The van der Waals surface area contributed by atoms with E-state index in [9.17, 15) is 14.7 Å². The number of H-pyrrole nitrogens is 1. The molecule has 0 aliphatic rings. The van der Waals surface area contributed by atoms with Crippen LogP contribution in [0, 0.1) is 0 Å². The average molecular weight is 314 g/mol. The molecule has 1 aromatic rings. The van der Waals surface area contributed by atoms with Gasteiger partial charge in [-0.05, 0) is 37.1 Å². The number of aliphatic hydroxyl groups is 1. The van der Waals surface area contributed by atoms with Crippen LogP contribution in [-0.4, -0.2) is 28.3 Å². The fourth-order valence-electron chi connectivity index (χ4n) is 1.82. The molecule has 0 saturated carbocycles. The molecule has 0 saturated heterocycles. The van der Waals surface area contributed by atoms with Gasteiger partial charge in [-0.25, -0.2) is 0 Å². The average Bonchev–Trinajstić information content (AvgIpc) is 2.99. The third-order valence-corrected chi connectivity index (χ3v) is 3.01.